The molecule has 38 heavy (non-hydrogen) atoms. The van der Waals surface area contributed by atoms with Gasteiger partial charge in [-0.15, -0.1) is 0 Å². The average Bonchev–Trinajstić information content (AvgIpc) is 2.95. The van der Waals surface area contributed by atoms with E-state index in [0.29, 0.717) is 17.2 Å². The van der Waals surface area contributed by atoms with Gasteiger partial charge in [-0.3, -0.25) is 4.79 Å². The molecule has 6 nitrogen and oxygen atoms in total. The van der Waals surface area contributed by atoms with Crippen molar-refractivity contribution in [1.29, 1.82) is 0 Å². The van der Waals surface area contributed by atoms with Crippen LogP contribution in [0.25, 0.3) is 11.3 Å². The summed E-state index contributed by atoms with van der Waals surface area (Å²) >= 11 is 0. The number of benzene rings is 3. The van der Waals surface area contributed by atoms with E-state index >= 15 is 0 Å². The van der Waals surface area contributed by atoms with Crippen molar-refractivity contribution in [1.82, 2.24) is 15.0 Å². The van der Waals surface area contributed by atoms with E-state index in [0.717, 1.165) is 46.7 Å². The topological polar surface area (TPSA) is 77.0 Å². The highest BCUT2D eigenvalue weighted by molar-refractivity contribution is 6.04. The molecular weight excluding hydrogens is 472 g/mol. The second kappa shape index (κ2) is 11.5. The minimum Gasteiger partial charge on any atom is -0.438 e. The number of nitrogens with zero attached hydrogens (tertiary/aromatic N) is 3. The maximum Gasteiger partial charge on any atom is 0.255 e. The number of aromatic nitrogens is 3. The van der Waals surface area contributed by atoms with Crippen LogP contribution < -0.4 is 10.1 Å². The van der Waals surface area contributed by atoms with Crippen LogP contribution in [-0.2, 0) is 12.8 Å². The summed E-state index contributed by atoms with van der Waals surface area (Å²) < 4.78 is 6.24. The number of carbonyl (C=O) groups is 1. The highest BCUT2D eigenvalue weighted by Gasteiger charge is 2.15. The highest BCUT2D eigenvalue weighted by atomic mass is 16.5. The summed E-state index contributed by atoms with van der Waals surface area (Å²) in [4.78, 5) is 26.5. The Labute approximate surface area is 222 Å². The van der Waals surface area contributed by atoms with E-state index in [9.17, 15) is 4.79 Å². The van der Waals surface area contributed by atoms with Crippen molar-refractivity contribution in [3.63, 3.8) is 0 Å². The molecule has 0 aliphatic carbocycles. The number of anilines is 1. The van der Waals surface area contributed by atoms with Crippen molar-refractivity contribution in [2.24, 2.45) is 0 Å². The lowest BCUT2D eigenvalue weighted by Gasteiger charge is -2.13. The normalized spacial score (nSPS) is 10.7. The molecule has 0 fully saturated rings. The molecule has 0 saturated heterocycles. The largest absolute Gasteiger partial charge is 0.438 e. The van der Waals surface area contributed by atoms with Gasteiger partial charge in [-0.1, -0.05) is 55.5 Å². The molecule has 1 N–H and O–H groups in total. The van der Waals surface area contributed by atoms with Crippen molar-refractivity contribution in [3.8, 4) is 22.9 Å². The van der Waals surface area contributed by atoms with Crippen LogP contribution in [0.4, 0.5) is 5.69 Å². The number of pyridine rings is 1. The molecule has 6 heteroatoms. The van der Waals surface area contributed by atoms with Crippen LogP contribution in [0.2, 0.25) is 0 Å². The third-order valence-corrected chi connectivity index (χ3v) is 6.16. The van der Waals surface area contributed by atoms with Crippen molar-refractivity contribution in [2.75, 3.05) is 5.32 Å². The lowest BCUT2D eigenvalue weighted by atomic mass is 10.0. The maximum atomic E-state index is 13.2. The first-order valence-corrected chi connectivity index (χ1v) is 12.6. The summed E-state index contributed by atoms with van der Waals surface area (Å²) in [5.41, 5.74) is 5.97. The molecule has 188 valence electrons. The number of nitrogens with one attached hydrogen (secondary N) is 1. The summed E-state index contributed by atoms with van der Waals surface area (Å²) in [5, 5.41) is 3.02. The predicted molar refractivity (Wildman–Crippen MR) is 150 cm³/mol. The van der Waals surface area contributed by atoms with Crippen LogP contribution in [0.1, 0.15) is 39.8 Å². The fourth-order valence-electron chi connectivity index (χ4n) is 4.14. The third-order valence-electron chi connectivity index (χ3n) is 6.16. The van der Waals surface area contributed by atoms with Gasteiger partial charge in [0.15, 0.2) is 0 Å². The first-order chi connectivity index (χ1) is 18.6. The quantitative estimate of drug-likeness (QED) is 0.247. The molecule has 0 aliphatic heterocycles. The molecule has 0 aliphatic rings. The molecule has 0 saturated carbocycles. The van der Waals surface area contributed by atoms with Crippen LogP contribution in [0.15, 0.2) is 103 Å². The fraction of sp³-hybridized carbons (Fsp3) is 0.125. The van der Waals surface area contributed by atoms with E-state index in [1.807, 2.05) is 74.5 Å². The fourth-order valence-corrected chi connectivity index (χ4v) is 4.14. The predicted octanol–water partition coefficient (Wildman–Crippen LogP) is 7.04. The Hall–Kier alpha value is -4.84. The standard InChI is InChI=1S/C32H28N4O2/c1-3-30-33-18-16-28(36-30)27-13-8-17-34-32(27)38-29-21-25(15-14-22(29)2)31(37)35-26-12-7-11-24(20-26)19-23-9-5-4-6-10-23/h4-18,20-21H,3,19H2,1-2H3,(H,35,37). The number of aryl methyl sites for hydroxylation is 2. The van der Waals surface area contributed by atoms with Gasteiger partial charge in [0.2, 0.25) is 5.88 Å². The number of carbonyl (C=O) groups excluding carboxylic acids is 1. The van der Waals surface area contributed by atoms with Gasteiger partial charge in [-0.2, -0.15) is 0 Å². The Balaban J connectivity index is 1.35. The van der Waals surface area contributed by atoms with Gasteiger partial charge in [0, 0.05) is 30.1 Å². The maximum absolute atomic E-state index is 13.2. The number of ether oxygens (including phenoxy) is 1. The van der Waals surface area contributed by atoms with Gasteiger partial charge >= 0.3 is 0 Å². The highest BCUT2D eigenvalue weighted by Crippen LogP contribution is 2.32. The van der Waals surface area contributed by atoms with Crippen LogP contribution in [0, 0.1) is 6.92 Å². The molecule has 5 aromatic rings. The van der Waals surface area contributed by atoms with Gasteiger partial charge in [0.05, 0.1) is 11.3 Å². The summed E-state index contributed by atoms with van der Waals surface area (Å²) in [6.45, 7) is 3.95. The van der Waals surface area contributed by atoms with E-state index in [-0.39, 0.29) is 5.91 Å². The zero-order valence-electron chi connectivity index (χ0n) is 21.4. The molecule has 3 aromatic carbocycles. The molecule has 5 rings (SSSR count). The number of hydrogen-bond acceptors (Lipinski definition) is 5. The second-order valence-corrected chi connectivity index (χ2v) is 8.97. The van der Waals surface area contributed by atoms with Crippen molar-refractivity contribution < 1.29 is 9.53 Å². The van der Waals surface area contributed by atoms with Gasteiger partial charge in [-0.05, 0) is 72.5 Å². The Morgan fingerprint density at radius 2 is 1.68 bits per heavy atom. The number of hydrogen-bond donors (Lipinski definition) is 1. The first kappa shape index (κ1) is 24.8. The van der Waals surface area contributed by atoms with Crippen LogP contribution in [0.3, 0.4) is 0 Å². The zero-order valence-corrected chi connectivity index (χ0v) is 21.4. The second-order valence-electron chi connectivity index (χ2n) is 8.97. The third kappa shape index (κ3) is 5.93. The Kier molecular flexibility index (Phi) is 7.50. The molecule has 2 aromatic heterocycles. The Morgan fingerprint density at radius 3 is 2.53 bits per heavy atom. The van der Waals surface area contributed by atoms with Crippen LogP contribution in [-0.4, -0.2) is 20.9 Å². The molecular formula is C32H28N4O2. The molecule has 1 amide bonds. The van der Waals surface area contributed by atoms with Gasteiger partial charge < -0.3 is 10.1 Å². The zero-order chi connectivity index (χ0) is 26.3. The van der Waals surface area contributed by atoms with Gasteiger partial charge in [0.1, 0.15) is 11.6 Å². The van der Waals surface area contributed by atoms with Crippen LogP contribution in [0.5, 0.6) is 11.6 Å². The molecule has 0 atom stereocenters. The smallest absolute Gasteiger partial charge is 0.255 e. The van der Waals surface area contributed by atoms with Gasteiger partial charge in [-0.25, -0.2) is 15.0 Å². The molecule has 0 bridgehead atoms. The monoisotopic (exact) mass is 500 g/mol. The lowest BCUT2D eigenvalue weighted by molar-refractivity contribution is 0.102. The summed E-state index contributed by atoms with van der Waals surface area (Å²) in [6.07, 6.45) is 4.94. The average molecular weight is 501 g/mol. The number of rotatable bonds is 8. The van der Waals surface area contributed by atoms with Crippen molar-refractivity contribution in [3.05, 3.63) is 131 Å². The Morgan fingerprint density at radius 1 is 0.842 bits per heavy atom. The summed E-state index contributed by atoms with van der Waals surface area (Å²) in [5.74, 6) is 1.51. The molecule has 0 radical (unpaired) electrons. The summed E-state index contributed by atoms with van der Waals surface area (Å²) in [7, 11) is 0. The minimum atomic E-state index is -0.212. The van der Waals surface area contributed by atoms with Crippen LogP contribution >= 0.6 is 0 Å². The van der Waals surface area contributed by atoms with E-state index < -0.39 is 0 Å². The van der Waals surface area contributed by atoms with E-state index in [2.05, 4.69) is 38.5 Å². The Bertz CT molecular complexity index is 1570. The molecule has 2 heterocycles. The minimum absolute atomic E-state index is 0.212. The van der Waals surface area contributed by atoms with E-state index in [1.54, 1.807) is 24.5 Å². The SMILES string of the molecule is CCc1nccc(-c2cccnc2Oc2cc(C(=O)Nc3cccc(Cc4ccccc4)c3)ccc2C)n1. The summed E-state index contributed by atoms with van der Waals surface area (Å²) in [6, 6.07) is 29.2. The van der Waals surface area contributed by atoms with Crippen molar-refractivity contribution >= 4 is 11.6 Å². The molecule has 0 spiro atoms. The molecule has 0 unspecified atom stereocenters. The van der Waals surface area contributed by atoms with E-state index in [1.165, 1.54) is 5.56 Å². The first-order valence-electron chi connectivity index (χ1n) is 12.6. The van der Waals surface area contributed by atoms with Gasteiger partial charge in [0.25, 0.3) is 5.91 Å². The van der Waals surface area contributed by atoms with Crippen molar-refractivity contribution in [2.45, 2.75) is 26.7 Å². The lowest BCUT2D eigenvalue weighted by Crippen LogP contribution is -2.12. The van der Waals surface area contributed by atoms with E-state index in [4.69, 9.17) is 4.74 Å². The number of amides is 1.